The van der Waals surface area contributed by atoms with E-state index in [0.29, 0.717) is 24.3 Å². The summed E-state index contributed by atoms with van der Waals surface area (Å²) in [6.07, 6.45) is -4.40. The monoisotopic (exact) mass is 472 g/mol. The third-order valence-electron chi connectivity index (χ3n) is 5.05. The van der Waals surface area contributed by atoms with Gasteiger partial charge in [0.15, 0.2) is 0 Å². The first-order valence-electron chi connectivity index (χ1n) is 9.77. The number of carbonyl (C=O) groups excluding carboxylic acids is 1. The minimum atomic E-state index is -4.40. The maximum Gasteiger partial charge on any atom is 0.416 e. The molecule has 7 nitrogen and oxygen atoms in total. The van der Waals surface area contributed by atoms with E-state index in [1.165, 1.54) is 35.7 Å². The number of anilines is 1. The van der Waals surface area contributed by atoms with Crippen LogP contribution in [0.3, 0.4) is 0 Å². The maximum atomic E-state index is 13.0. The molecule has 0 bridgehead atoms. The highest BCUT2D eigenvalue weighted by Gasteiger charge is 2.31. The van der Waals surface area contributed by atoms with Crippen LogP contribution in [0.15, 0.2) is 53.4 Å². The van der Waals surface area contributed by atoms with E-state index in [-0.39, 0.29) is 31.2 Å². The average Bonchev–Trinajstić information content (AvgIpc) is 2.79. The third-order valence-corrected chi connectivity index (χ3v) is 6.95. The summed E-state index contributed by atoms with van der Waals surface area (Å²) < 4.78 is 75.3. The number of methoxy groups -OCH3 is 1. The van der Waals surface area contributed by atoms with Crippen LogP contribution in [0.2, 0.25) is 0 Å². The lowest BCUT2D eigenvalue weighted by molar-refractivity contribution is -0.146. The Bertz CT molecular complexity index is 1030. The fourth-order valence-corrected chi connectivity index (χ4v) is 4.80. The number of hydrogen-bond donors (Lipinski definition) is 0. The Hall–Kier alpha value is -2.63. The molecule has 11 heteroatoms. The standard InChI is InChI=1S/C21H23F3N2O5S/c1-30-20(27)15-31-14-16-3-2-4-19(13-16)32(28,29)26-11-9-25(10-12-26)18-7-5-17(6-8-18)21(22,23)24/h2-8,13H,9-12,14-15H2,1H3. The molecule has 0 aromatic heterocycles. The normalized spacial score (nSPS) is 15.6. The first kappa shape index (κ1) is 24.0. The summed E-state index contributed by atoms with van der Waals surface area (Å²) in [5.74, 6) is -0.528. The lowest BCUT2D eigenvalue weighted by Gasteiger charge is -2.35. The van der Waals surface area contributed by atoms with Gasteiger partial charge in [-0.1, -0.05) is 12.1 Å². The highest BCUT2D eigenvalue weighted by atomic mass is 32.2. The van der Waals surface area contributed by atoms with E-state index in [0.717, 1.165) is 12.1 Å². The zero-order chi connectivity index (χ0) is 23.4. The van der Waals surface area contributed by atoms with Crippen molar-refractivity contribution in [2.75, 3.05) is 44.8 Å². The second-order valence-electron chi connectivity index (χ2n) is 7.15. The molecule has 0 unspecified atom stereocenters. The largest absolute Gasteiger partial charge is 0.467 e. The van der Waals surface area contributed by atoms with Crippen LogP contribution in [-0.2, 0) is 37.1 Å². The summed E-state index contributed by atoms with van der Waals surface area (Å²) in [6, 6.07) is 11.1. The molecule has 3 rings (SSSR count). The average molecular weight is 472 g/mol. The number of nitrogens with zero attached hydrogens (tertiary/aromatic N) is 2. The van der Waals surface area contributed by atoms with Crippen molar-refractivity contribution < 1.29 is 35.9 Å². The number of benzene rings is 2. The molecule has 0 aliphatic carbocycles. The van der Waals surface area contributed by atoms with Gasteiger partial charge in [0, 0.05) is 31.9 Å². The highest BCUT2D eigenvalue weighted by molar-refractivity contribution is 7.89. The van der Waals surface area contributed by atoms with Crippen LogP contribution in [0.5, 0.6) is 0 Å². The lowest BCUT2D eigenvalue weighted by atomic mass is 10.2. The van der Waals surface area contributed by atoms with Gasteiger partial charge < -0.3 is 14.4 Å². The molecular formula is C21H23F3N2O5S. The number of halogens is 3. The van der Waals surface area contributed by atoms with Gasteiger partial charge in [0.2, 0.25) is 10.0 Å². The minimum Gasteiger partial charge on any atom is -0.467 e. The van der Waals surface area contributed by atoms with Crippen molar-refractivity contribution >= 4 is 21.7 Å². The molecule has 1 aliphatic rings. The van der Waals surface area contributed by atoms with Gasteiger partial charge in [-0.15, -0.1) is 0 Å². The number of carbonyl (C=O) groups is 1. The second kappa shape index (κ2) is 9.88. The molecule has 0 atom stereocenters. The van der Waals surface area contributed by atoms with Crippen LogP contribution in [-0.4, -0.2) is 58.6 Å². The molecule has 0 saturated carbocycles. The number of esters is 1. The summed E-state index contributed by atoms with van der Waals surface area (Å²) in [5.41, 5.74) is 0.482. The summed E-state index contributed by atoms with van der Waals surface area (Å²) in [4.78, 5) is 13.1. The van der Waals surface area contributed by atoms with Crippen molar-refractivity contribution in [3.8, 4) is 0 Å². The topological polar surface area (TPSA) is 76.1 Å². The van der Waals surface area contributed by atoms with Gasteiger partial charge in [-0.3, -0.25) is 0 Å². The SMILES string of the molecule is COC(=O)COCc1cccc(S(=O)(=O)N2CCN(c3ccc(C(F)(F)F)cc3)CC2)c1. The Kier molecular flexibility index (Phi) is 7.42. The van der Waals surface area contributed by atoms with Crippen LogP contribution < -0.4 is 4.90 Å². The predicted molar refractivity (Wildman–Crippen MR) is 111 cm³/mol. The van der Waals surface area contributed by atoms with Crippen molar-refractivity contribution in [1.82, 2.24) is 4.31 Å². The van der Waals surface area contributed by atoms with Crippen LogP contribution in [0.25, 0.3) is 0 Å². The number of hydrogen-bond acceptors (Lipinski definition) is 6. The summed E-state index contributed by atoms with van der Waals surface area (Å²) in [7, 11) is -2.51. The predicted octanol–water partition coefficient (Wildman–Crippen LogP) is 2.91. The molecule has 1 fully saturated rings. The van der Waals surface area contributed by atoms with Gasteiger partial charge in [-0.25, -0.2) is 13.2 Å². The van der Waals surface area contributed by atoms with Crippen LogP contribution in [0, 0.1) is 0 Å². The molecule has 0 spiro atoms. The van der Waals surface area contributed by atoms with Gasteiger partial charge in [0.25, 0.3) is 0 Å². The fraction of sp³-hybridized carbons (Fsp3) is 0.381. The van der Waals surface area contributed by atoms with E-state index >= 15 is 0 Å². The summed E-state index contributed by atoms with van der Waals surface area (Å²) >= 11 is 0. The smallest absolute Gasteiger partial charge is 0.416 e. The Morgan fingerprint density at radius 2 is 1.69 bits per heavy atom. The maximum absolute atomic E-state index is 13.0. The van der Waals surface area contributed by atoms with E-state index in [1.54, 1.807) is 12.1 Å². The van der Waals surface area contributed by atoms with Crippen LogP contribution >= 0.6 is 0 Å². The molecule has 0 N–H and O–H groups in total. The summed E-state index contributed by atoms with van der Waals surface area (Å²) in [6.45, 7) is 0.928. The number of ether oxygens (including phenoxy) is 2. The third kappa shape index (κ3) is 5.78. The van der Waals surface area contributed by atoms with E-state index in [2.05, 4.69) is 4.74 Å². The van der Waals surface area contributed by atoms with Gasteiger partial charge in [-0.05, 0) is 42.0 Å². The van der Waals surface area contributed by atoms with Crippen molar-refractivity contribution in [3.05, 3.63) is 59.7 Å². The zero-order valence-electron chi connectivity index (χ0n) is 17.3. The van der Waals surface area contributed by atoms with Crippen LogP contribution in [0.1, 0.15) is 11.1 Å². The van der Waals surface area contributed by atoms with E-state index in [4.69, 9.17) is 4.74 Å². The first-order valence-corrected chi connectivity index (χ1v) is 11.2. The number of piperazine rings is 1. The molecule has 2 aromatic rings. The molecular weight excluding hydrogens is 449 g/mol. The Balaban J connectivity index is 1.62. The molecule has 0 radical (unpaired) electrons. The second-order valence-corrected chi connectivity index (χ2v) is 9.09. The zero-order valence-corrected chi connectivity index (χ0v) is 18.2. The molecule has 1 aliphatic heterocycles. The van der Waals surface area contributed by atoms with Gasteiger partial charge in [0.1, 0.15) is 6.61 Å². The van der Waals surface area contributed by atoms with E-state index in [9.17, 15) is 26.4 Å². The number of sulfonamides is 1. The Morgan fingerprint density at radius 3 is 2.28 bits per heavy atom. The molecule has 2 aromatic carbocycles. The first-order chi connectivity index (χ1) is 15.1. The number of rotatable bonds is 7. The molecule has 1 saturated heterocycles. The van der Waals surface area contributed by atoms with Crippen LogP contribution in [0.4, 0.5) is 18.9 Å². The molecule has 1 heterocycles. The van der Waals surface area contributed by atoms with Crippen molar-refractivity contribution in [2.24, 2.45) is 0 Å². The van der Waals surface area contributed by atoms with Gasteiger partial charge >= 0.3 is 12.1 Å². The Morgan fingerprint density at radius 1 is 1.03 bits per heavy atom. The van der Waals surface area contributed by atoms with Crippen molar-refractivity contribution in [3.63, 3.8) is 0 Å². The fourth-order valence-electron chi connectivity index (χ4n) is 3.30. The highest BCUT2D eigenvalue weighted by Crippen LogP contribution is 2.31. The summed E-state index contributed by atoms with van der Waals surface area (Å²) in [5, 5.41) is 0. The Labute approximate surface area is 184 Å². The molecule has 32 heavy (non-hydrogen) atoms. The lowest BCUT2D eigenvalue weighted by Crippen LogP contribution is -2.48. The van der Waals surface area contributed by atoms with Gasteiger partial charge in [-0.2, -0.15) is 17.5 Å². The van der Waals surface area contributed by atoms with Crippen molar-refractivity contribution in [2.45, 2.75) is 17.7 Å². The quantitative estimate of drug-likeness (QED) is 0.577. The minimum absolute atomic E-state index is 0.0557. The van der Waals surface area contributed by atoms with Gasteiger partial charge in [0.05, 0.1) is 24.2 Å². The number of alkyl halides is 3. The van der Waals surface area contributed by atoms with Crippen molar-refractivity contribution in [1.29, 1.82) is 0 Å². The van der Waals surface area contributed by atoms with E-state index in [1.807, 2.05) is 4.90 Å². The van der Waals surface area contributed by atoms with E-state index < -0.39 is 27.7 Å². The molecule has 0 amide bonds. The molecule has 174 valence electrons.